The van der Waals surface area contributed by atoms with Gasteiger partial charge in [-0.25, -0.2) is 0 Å². The Morgan fingerprint density at radius 1 is 1.44 bits per heavy atom. The molecule has 0 bridgehead atoms. The number of hydrogen-bond acceptors (Lipinski definition) is 5. The summed E-state index contributed by atoms with van der Waals surface area (Å²) < 4.78 is 6.53. The molecule has 3 heterocycles. The minimum absolute atomic E-state index is 0.682. The number of rotatable bonds is 3. The second-order valence-electron chi connectivity index (χ2n) is 4.66. The van der Waals surface area contributed by atoms with Gasteiger partial charge in [0.2, 0.25) is 0 Å². The van der Waals surface area contributed by atoms with Gasteiger partial charge < -0.3 is 15.8 Å². The molecule has 18 heavy (non-hydrogen) atoms. The molecule has 96 valence electrons. The maximum Gasteiger partial charge on any atom is 0.0832 e. The summed E-state index contributed by atoms with van der Waals surface area (Å²) in [4.78, 5) is 4.32. The van der Waals surface area contributed by atoms with Gasteiger partial charge in [-0.1, -0.05) is 0 Å². The summed E-state index contributed by atoms with van der Waals surface area (Å²) in [6.45, 7) is 2.73. The first-order valence-corrected chi connectivity index (χ1v) is 7.16. The van der Waals surface area contributed by atoms with Gasteiger partial charge in [-0.05, 0) is 30.2 Å². The Bertz CT molecular complexity index is 534. The van der Waals surface area contributed by atoms with Gasteiger partial charge in [0, 0.05) is 19.8 Å². The van der Waals surface area contributed by atoms with Gasteiger partial charge in [-0.3, -0.25) is 4.98 Å². The molecule has 0 unspecified atom stereocenters. The number of nitrogens with one attached hydrogen (secondary N) is 1. The van der Waals surface area contributed by atoms with E-state index in [0.29, 0.717) is 5.92 Å². The molecule has 0 amide bonds. The first-order chi connectivity index (χ1) is 8.84. The van der Waals surface area contributed by atoms with Crippen LogP contribution in [0.15, 0.2) is 17.6 Å². The molecule has 0 aliphatic carbocycles. The highest BCUT2D eigenvalue weighted by Crippen LogP contribution is 2.32. The van der Waals surface area contributed by atoms with Crippen molar-refractivity contribution in [3.8, 4) is 0 Å². The van der Waals surface area contributed by atoms with Crippen molar-refractivity contribution in [1.29, 1.82) is 0 Å². The minimum Gasteiger partial charge on any atom is -0.396 e. The number of nitrogens with two attached hydrogens (primary N) is 1. The summed E-state index contributed by atoms with van der Waals surface area (Å²) in [6, 6.07) is 2.03. The highest BCUT2D eigenvalue weighted by atomic mass is 32.1. The van der Waals surface area contributed by atoms with Gasteiger partial charge in [-0.15, -0.1) is 11.3 Å². The smallest absolute Gasteiger partial charge is 0.0832 e. The fourth-order valence-corrected chi connectivity index (χ4v) is 3.19. The number of fused-ring (bicyclic) bond motifs is 1. The van der Waals surface area contributed by atoms with Crippen LogP contribution in [0.4, 0.5) is 11.4 Å². The van der Waals surface area contributed by atoms with Crippen molar-refractivity contribution >= 4 is 32.9 Å². The van der Waals surface area contributed by atoms with Gasteiger partial charge in [0.25, 0.3) is 0 Å². The van der Waals surface area contributed by atoms with E-state index in [1.54, 1.807) is 17.5 Å². The number of thiophene rings is 1. The fourth-order valence-electron chi connectivity index (χ4n) is 2.31. The molecule has 0 spiro atoms. The monoisotopic (exact) mass is 263 g/mol. The van der Waals surface area contributed by atoms with E-state index < -0.39 is 0 Å². The summed E-state index contributed by atoms with van der Waals surface area (Å²) >= 11 is 1.69. The number of nitrogens with zero attached hydrogens (tertiary/aromatic N) is 1. The molecule has 3 N–H and O–H groups in total. The molecule has 2 aromatic rings. The molecule has 0 saturated carbocycles. The number of pyridine rings is 1. The SMILES string of the molecule is Nc1cnc2ccsc2c1NCC1CCOCC1. The number of anilines is 2. The fraction of sp³-hybridized carbons (Fsp3) is 0.462. The third-order valence-electron chi connectivity index (χ3n) is 3.41. The predicted octanol–water partition coefficient (Wildman–Crippen LogP) is 2.72. The zero-order valence-electron chi connectivity index (χ0n) is 10.2. The molecular weight excluding hydrogens is 246 g/mol. The van der Waals surface area contributed by atoms with E-state index in [9.17, 15) is 0 Å². The van der Waals surface area contributed by atoms with Gasteiger partial charge in [0.1, 0.15) is 0 Å². The van der Waals surface area contributed by atoms with Crippen LogP contribution in [0.3, 0.4) is 0 Å². The summed E-state index contributed by atoms with van der Waals surface area (Å²) in [5, 5.41) is 5.55. The maximum absolute atomic E-state index is 6.02. The zero-order chi connectivity index (χ0) is 12.4. The first kappa shape index (κ1) is 11.7. The largest absolute Gasteiger partial charge is 0.396 e. The standard InChI is InChI=1S/C13H17N3OS/c14-10-8-15-11-3-6-18-13(11)12(10)16-7-9-1-4-17-5-2-9/h3,6,8-9H,1-2,4-5,7,14H2,(H,15,16). The van der Waals surface area contributed by atoms with Gasteiger partial charge in [0.15, 0.2) is 0 Å². The van der Waals surface area contributed by atoms with E-state index in [1.807, 2.05) is 6.07 Å². The molecule has 1 aliphatic heterocycles. The molecule has 0 aromatic carbocycles. The summed E-state index contributed by atoms with van der Waals surface area (Å²) in [5.74, 6) is 0.682. The molecule has 0 atom stereocenters. The van der Waals surface area contributed by atoms with Crippen LogP contribution < -0.4 is 11.1 Å². The molecule has 1 fully saturated rings. The van der Waals surface area contributed by atoms with Crippen molar-refractivity contribution in [2.24, 2.45) is 5.92 Å². The van der Waals surface area contributed by atoms with Crippen molar-refractivity contribution in [2.75, 3.05) is 30.8 Å². The van der Waals surface area contributed by atoms with E-state index >= 15 is 0 Å². The average molecular weight is 263 g/mol. The number of hydrogen-bond donors (Lipinski definition) is 2. The second kappa shape index (κ2) is 5.12. The lowest BCUT2D eigenvalue weighted by Gasteiger charge is -2.23. The average Bonchev–Trinajstić information content (AvgIpc) is 2.87. The van der Waals surface area contributed by atoms with Crippen LogP contribution in [0.1, 0.15) is 12.8 Å². The molecule has 2 aromatic heterocycles. The zero-order valence-corrected chi connectivity index (χ0v) is 11.0. The third-order valence-corrected chi connectivity index (χ3v) is 4.33. The molecule has 1 aliphatic rings. The van der Waals surface area contributed by atoms with Crippen molar-refractivity contribution in [3.63, 3.8) is 0 Å². The van der Waals surface area contributed by atoms with Crippen LogP contribution >= 0.6 is 11.3 Å². The Hall–Kier alpha value is -1.33. The summed E-state index contributed by atoms with van der Waals surface area (Å²) in [5.41, 5.74) is 8.81. The Kier molecular flexibility index (Phi) is 3.34. The van der Waals surface area contributed by atoms with Crippen molar-refractivity contribution in [2.45, 2.75) is 12.8 Å². The van der Waals surface area contributed by atoms with Crippen LogP contribution in [0.25, 0.3) is 10.2 Å². The van der Waals surface area contributed by atoms with Crippen LogP contribution in [-0.2, 0) is 4.74 Å². The lowest BCUT2D eigenvalue weighted by molar-refractivity contribution is 0.0699. The van der Waals surface area contributed by atoms with E-state index in [4.69, 9.17) is 10.5 Å². The van der Waals surface area contributed by atoms with Crippen LogP contribution in [0.2, 0.25) is 0 Å². The summed E-state index contributed by atoms with van der Waals surface area (Å²) in [7, 11) is 0. The Morgan fingerprint density at radius 2 is 2.28 bits per heavy atom. The third kappa shape index (κ3) is 2.28. The van der Waals surface area contributed by atoms with Crippen molar-refractivity contribution in [1.82, 2.24) is 4.98 Å². The normalized spacial score (nSPS) is 17.1. The lowest BCUT2D eigenvalue weighted by atomic mass is 10.0. The Morgan fingerprint density at radius 3 is 3.11 bits per heavy atom. The van der Waals surface area contributed by atoms with Gasteiger partial charge >= 0.3 is 0 Å². The highest BCUT2D eigenvalue weighted by molar-refractivity contribution is 7.17. The molecule has 1 saturated heterocycles. The van der Waals surface area contributed by atoms with Crippen molar-refractivity contribution in [3.05, 3.63) is 17.6 Å². The Balaban J connectivity index is 1.76. The van der Waals surface area contributed by atoms with Gasteiger partial charge in [-0.2, -0.15) is 0 Å². The molecule has 3 rings (SSSR count). The summed E-state index contributed by atoms with van der Waals surface area (Å²) in [6.07, 6.45) is 4.00. The van der Waals surface area contributed by atoms with Crippen LogP contribution in [-0.4, -0.2) is 24.7 Å². The van der Waals surface area contributed by atoms with Crippen molar-refractivity contribution < 1.29 is 4.74 Å². The molecule has 0 radical (unpaired) electrons. The van der Waals surface area contributed by atoms with E-state index in [-0.39, 0.29) is 0 Å². The van der Waals surface area contributed by atoms with Crippen LogP contribution in [0.5, 0.6) is 0 Å². The number of ether oxygens (including phenoxy) is 1. The Labute approximate surface area is 110 Å². The second-order valence-corrected chi connectivity index (χ2v) is 5.58. The number of aromatic nitrogens is 1. The van der Waals surface area contributed by atoms with E-state index in [2.05, 4.69) is 15.7 Å². The minimum atomic E-state index is 0.682. The van der Waals surface area contributed by atoms with Gasteiger partial charge in [0.05, 0.1) is 27.8 Å². The number of nitrogen functional groups attached to an aromatic ring is 1. The van der Waals surface area contributed by atoms with E-state index in [0.717, 1.165) is 54.2 Å². The molecular formula is C13H17N3OS. The molecule has 5 heteroatoms. The van der Waals surface area contributed by atoms with E-state index in [1.165, 1.54) is 0 Å². The quantitative estimate of drug-likeness (QED) is 0.894. The predicted molar refractivity (Wildman–Crippen MR) is 76.1 cm³/mol. The highest BCUT2D eigenvalue weighted by Gasteiger charge is 2.15. The lowest BCUT2D eigenvalue weighted by Crippen LogP contribution is -2.23. The molecule has 4 nitrogen and oxygen atoms in total. The first-order valence-electron chi connectivity index (χ1n) is 6.28. The maximum atomic E-state index is 6.02. The topological polar surface area (TPSA) is 60.2 Å². The van der Waals surface area contributed by atoms with Crippen LogP contribution in [0, 0.1) is 5.92 Å².